The van der Waals surface area contributed by atoms with Crippen LogP contribution in [0.4, 0.5) is 13.2 Å². The Morgan fingerprint density at radius 2 is 2.33 bits per heavy atom. The highest BCUT2D eigenvalue weighted by Gasteiger charge is 2.29. The first-order chi connectivity index (χ1) is 9.87. The van der Waals surface area contributed by atoms with Crippen molar-refractivity contribution in [2.24, 2.45) is 0 Å². The number of piperazine rings is 1. The summed E-state index contributed by atoms with van der Waals surface area (Å²) in [5.41, 5.74) is 0.274. The molecule has 1 aliphatic heterocycles. The molecule has 2 heterocycles. The Bertz CT molecular complexity index is 508. The van der Waals surface area contributed by atoms with Crippen LogP contribution in [0, 0.1) is 0 Å². The minimum atomic E-state index is -4.44. The summed E-state index contributed by atoms with van der Waals surface area (Å²) in [6, 6.07) is 2.74. The van der Waals surface area contributed by atoms with Crippen molar-refractivity contribution in [3.63, 3.8) is 0 Å². The maximum atomic E-state index is 12.4. The van der Waals surface area contributed by atoms with E-state index in [1.807, 2.05) is 6.92 Å². The molecule has 1 aromatic heterocycles. The summed E-state index contributed by atoms with van der Waals surface area (Å²) in [5.74, 6) is -0.441. The number of hydrogen-bond donors (Lipinski definition) is 1. The quantitative estimate of drug-likeness (QED) is 0.918. The van der Waals surface area contributed by atoms with Gasteiger partial charge in [-0.05, 0) is 13.0 Å². The SMILES string of the molecule is C[C@@H]1CNCCN1C(=O)c1ccnc(OCC(F)(F)F)c1. The lowest BCUT2D eigenvalue weighted by Crippen LogP contribution is -2.52. The molecular weight excluding hydrogens is 287 g/mol. The van der Waals surface area contributed by atoms with E-state index in [9.17, 15) is 18.0 Å². The van der Waals surface area contributed by atoms with Crippen LogP contribution in [0.15, 0.2) is 18.3 Å². The van der Waals surface area contributed by atoms with Crippen molar-refractivity contribution in [1.82, 2.24) is 15.2 Å². The molecule has 0 spiro atoms. The zero-order valence-corrected chi connectivity index (χ0v) is 11.5. The lowest BCUT2D eigenvalue weighted by molar-refractivity contribution is -0.154. The predicted octanol–water partition coefficient (Wildman–Crippen LogP) is 1.46. The van der Waals surface area contributed by atoms with E-state index in [2.05, 4.69) is 15.0 Å². The maximum absolute atomic E-state index is 12.4. The van der Waals surface area contributed by atoms with Gasteiger partial charge in [-0.25, -0.2) is 4.98 Å². The van der Waals surface area contributed by atoms with Crippen LogP contribution in [0.1, 0.15) is 17.3 Å². The number of alkyl halides is 3. The lowest BCUT2D eigenvalue weighted by atomic mass is 10.1. The molecule has 1 fully saturated rings. The first-order valence-corrected chi connectivity index (χ1v) is 6.54. The molecule has 0 aliphatic carbocycles. The molecule has 116 valence electrons. The molecule has 5 nitrogen and oxygen atoms in total. The molecule has 8 heteroatoms. The van der Waals surface area contributed by atoms with Gasteiger partial charge < -0.3 is 15.0 Å². The van der Waals surface area contributed by atoms with Crippen LogP contribution in [0.2, 0.25) is 0 Å². The summed E-state index contributed by atoms with van der Waals surface area (Å²) in [6.07, 6.45) is -3.17. The fraction of sp³-hybridized carbons (Fsp3) is 0.538. The molecule has 1 amide bonds. The Hall–Kier alpha value is -1.83. The molecule has 1 saturated heterocycles. The molecule has 1 atom stereocenters. The third kappa shape index (κ3) is 4.32. The third-order valence-corrected chi connectivity index (χ3v) is 3.13. The van der Waals surface area contributed by atoms with Crippen LogP contribution in [-0.4, -0.2) is 54.3 Å². The van der Waals surface area contributed by atoms with E-state index < -0.39 is 12.8 Å². The average molecular weight is 303 g/mol. The van der Waals surface area contributed by atoms with E-state index in [0.29, 0.717) is 19.6 Å². The Kier molecular flexibility index (Phi) is 4.66. The second-order valence-corrected chi connectivity index (χ2v) is 4.84. The van der Waals surface area contributed by atoms with Gasteiger partial charge in [-0.1, -0.05) is 0 Å². The van der Waals surface area contributed by atoms with Crippen molar-refractivity contribution in [2.75, 3.05) is 26.2 Å². The molecule has 0 unspecified atom stereocenters. The Labute approximate surface area is 120 Å². The van der Waals surface area contributed by atoms with Crippen molar-refractivity contribution >= 4 is 5.91 Å². The number of carbonyl (C=O) groups is 1. The van der Waals surface area contributed by atoms with Gasteiger partial charge >= 0.3 is 6.18 Å². The van der Waals surface area contributed by atoms with Crippen LogP contribution in [0.5, 0.6) is 5.88 Å². The number of aromatic nitrogens is 1. The summed E-state index contributed by atoms with van der Waals surface area (Å²) < 4.78 is 40.9. The van der Waals surface area contributed by atoms with Gasteiger partial charge in [0.2, 0.25) is 5.88 Å². The van der Waals surface area contributed by atoms with E-state index >= 15 is 0 Å². The Morgan fingerprint density at radius 1 is 1.57 bits per heavy atom. The molecule has 1 aliphatic rings. The zero-order chi connectivity index (χ0) is 15.5. The number of carbonyl (C=O) groups excluding carboxylic acids is 1. The van der Waals surface area contributed by atoms with E-state index in [0.717, 1.165) is 0 Å². The monoisotopic (exact) mass is 303 g/mol. The Balaban J connectivity index is 2.07. The number of rotatable bonds is 3. The molecule has 0 saturated carbocycles. The highest BCUT2D eigenvalue weighted by molar-refractivity contribution is 5.94. The zero-order valence-electron chi connectivity index (χ0n) is 11.5. The average Bonchev–Trinajstić information content (AvgIpc) is 2.44. The highest BCUT2D eigenvalue weighted by Crippen LogP contribution is 2.18. The van der Waals surface area contributed by atoms with Crippen molar-refractivity contribution < 1.29 is 22.7 Å². The van der Waals surface area contributed by atoms with Crippen LogP contribution < -0.4 is 10.1 Å². The molecule has 0 radical (unpaired) electrons. The minimum Gasteiger partial charge on any atom is -0.468 e. The maximum Gasteiger partial charge on any atom is 0.422 e. The smallest absolute Gasteiger partial charge is 0.422 e. The molecule has 0 aromatic carbocycles. The topological polar surface area (TPSA) is 54.5 Å². The first kappa shape index (κ1) is 15.6. The fourth-order valence-corrected chi connectivity index (χ4v) is 2.09. The van der Waals surface area contributed by atoms with Crippen LogP contribution in [0.3, 0.4) is 0 Å². The first-order valence-electron chi connectivity index (χ1n) is 6.54. The third-order valence-electron chi connectivity index (χ3n) is 3.13. The molecule has 1 aromatic rings. The second-order valence-electron chi connectivity index (χ2n) is 4.84. The van der Waals surface area contributed by atoms with Crippen LogP contribution in [-0.2, 0) is 0 Å². The Morgan fingerprint density at radius 3 is 3.00 bits per heavy atom. The standard InChI is InChI=1S/C13H16F3N3O2/c1-9-7-17-4-5-19(9)12(20)10-2-3-18-11(6-10)21-8-13(14,15)16/h2-3,6,9,17H,4-5,7-8H2,1H3/t9-/m1/s1. The van der Waals surface area contributed by atoms with E-state index in [4.69, 9.17) is 0 Å². The van der Waals surface area contributed by atoms with Gasteiger partial charge in [-0.3, -0.25) is 4.79 Å². The van der Waals surface area contributed by atoms with E-state index in [-0.39, 0.29) is 23.4 Å². The number of nitrogens with one attached hydrogen (secondary N) is 1. The van der Waals surface area contributed by atoms with Gasteiger partial charge in [-0.2, -0.15) is 13.2 Å². The summed E-state index contributed by atoms with van der Waals surface area (Å²) in [5, 5.41) is 3.16. The number of pyridine rings is 1. The largest absolute Gasteiger partial charge is 0.468 e. The summed E-state index contributed by atoms with van der Waals surface area (Å²) >= 11 is 0. The lowest BCUT2D eigenvalue weighted by Gasteiger charge is -2.34. The summed E-state index contributed by atoms with van der Waals surface area (Å²) in [4.78, 5) is 17.7. The minimum absolute atomic E-state index is 0.0268. The van der Waals surface area contributed by atoms with Gasteiger partial charge in [0.25, 0.3) is 5.91 Å². The van der Waals surface area contributed by atoms with E-state index in [1.54, 1.807) is 4.90 Å². The number of ether oxygens (including phenoxy) is 1. The van der Waals surface area contributed by atoms with Gasteiger partial charge in [0.05, 0.1) is 0 Å². The molecule has 0 bridgehead atoms. The molecule has 21 heavy (non-hydrogen) atoms. The predicted molar refractivity (Wildman–Crippen MR) is 69.2 cm³/mol. The molecule has 1 N–H and O–H groups in total. The van der Waals surface area contributed by atoms with Crippen molar-refractivity contribution in [1.29, 1.82) is 0 Å². The summed E-state index contributed by atoms with van der Waals surface area (Å²) in [6.45, 7) is 2.42. The van der Waals surface area contributed by atoms with Gasteiger partial charge in [0.15, 0.2) is 6.61 Å². The number of nitrogens with zero attached hydrogens (tertiary/aromatic N) is 2. The van der Waals surface area contributed by atoms with Crippen LogP contribution >= 0.6 is 0 Å². The second kappa shape index (κ2) is 6.30. The van der Waals surface area contributed by atoms with Gasteiger partial charge in [0, 0.05) is 43.5 Å². The fourth-order valence-electron chi connectivity index (χ4n) is 2.09. The summed E-state index contributed by atoms with van der Waals surface area (Å²) in [7, 11) is 0. The number of halogens is 3. The van der Waals surface area contributed by atoms with Crippen LogP contribution in [0.25, 0.3) is 0 Å². The number of amides is 1. The van der Waals surface area contributed by atoms with E-state index in [1.165, 1.54) is 18.3 Å². The molecular formula is C13H16F3N3O2. The normalized spacial score (nSPS) is 19.4. The van der Waals surface area contributed by atoms with Crippen molar-refractivity contribution in [3.8, 4) is 5.88 Å². The molecule has 2 rings (SSSR count). The van der Waals surface area contributed by atoms with Gasteiger partial charge in [0.1, 0.15) is 0 Å². The van der Waals surface area contributed by atoms with Gasteiger partial charge in [-0.15, -0.1) is 0 Å². The highest BCUT2D eigenvalue weighted by atomic mass is 19.4. The van der Waals surface area contributed by atoms with Crippen molar-refractivity contribution in [3.05, 3.63) is 23.9 Å². The number of hydrogen-bond acceptors (Lipinski definition) is 4. The van der Waals surface area contributed by atoms with Crippen molar-refractivity contribution in [2.45, 2.75) is 19.1 Å².